The van der Waals surface area contributed by atoms with Gasteiger partial charge < -0.3 is 14.8 Å². The van der Waals surface area contributed by atoms with E-state index in [9.17, 15) is 9.18 Å². The first kappa shape index (κ1) is 21.5. The largest absolute Gasteiger partial charge is 0.436 e. The van der Waals surface area contributed by atoms with Gasteiger partial charge in [-0.25, -0.2) is 4.39 Å². The molecule has 0 aliphatic carbocycles. The van der Waals surface area contributed by atoms with Gasteiger partial charge in [-0.3, -0.25) is 4.79 Å². The number of methoxy groups -OCH3 is 1. The van der Waals surface area contributed by atoms with Crippen LogP contribution in [0.4, 0.5) is 4.39 Å². The van der Waals surface area contributed by atoms with Crippen LogP contribution in [0.5, 0.6) is 11.6 Å². The lowest BCUT2D eigenvalue weighted by molar-refractivity contribution is -0.121. The number of hydrogen-bond donors (Lipinski definition) is 1. The molecule has 3 rings (SSSR count). The van der Waals surface area contributed by atoms with Crippen LogP contribution in [0, 0.1) is 19.7 Å². The Bertz CT molecular complexity index is 1020. The fourth-order valence-corrected chi connectivity index (χ4v) is 3.15. The Hall–Kier alpha value is -3.19. The number of para-hydroxylation sites is 2. The summed E-state index contributed by atoms with van der Waals surface area (Å²) in [5, 5.41) is 7.45. The minimum atomic E-state index is -0.462. The number of carbonyl (C=O) groups excluding carboxylic acids is 1. The van der Waals surface area contributed by atoms with Gasteiger partial charge in [0.2, 0.25) is 11.8 Å². The van der Waals surface area contributed by atoms with Crippen molar-refractivity contribution in [1.82, 2.24) is 15.1 Å². The maximum Gasteiger partial charge on any atom is 0.226 e. The molecule has 6 nitrogen and oxygen atoms in total. The summed E-state index contributed by atoms with van der Waals surface area (Å²) in [7, 11) is 1.59. The fourth-order valence-electron chi connectivity index (χ4n) is 3.15. The molecule has 0 bridgehead atoms. The van der Waals surface area contributed by atoms with Crippen molar-refractivity contribution in [1.29, 1.82) is 0 Å². The van der Waals surface area contributed by atoms with Gasteiger partial charge in [-0.2, -0.15) is 9.78 Å². The standard InChI is InChI=1S/C23H26FN3O3/c1-16-8-4-6-10-20(16)27-23(30-21-11-7-5-9-19(21)24)18(17(2)26-27)12-13-22(28)25-14-15-29-3/h4-11H,12-15H2,1-3H3,(H,25,28). The molecule has 7 heteroatoms. The number of amides is 1. The molecule has 1 N–H and O–H groups in total. The van der Waals surface area contributed by atoms with E-state index in [4.69, 9.17) is 9.47 Å². The summed E-state index contributed by atoms with van der Waals surface area (Å²) in [5.74, 6) is -0.0301. The van der Waals surface area contributed by atoms with Gasteiger partial charge >= 0.3 is 0 Å². The highest BCUT2D eigenvalue weighted by atomic mass is 19.1. The van der Waals surface area contributed by atoms with Gasteiger partial charge in [-0.15, -0.1) is 0 Å². The molecule has 1 aromatic heterocycles. The Morgan fingerprint density at radius 1 is 1.13 bits per heavy atom. The van der Waals surface area contributed by atoms with Crippen LogP contribution < -0.4 is 10.1 Å². The first-order valence-electron chi connectivity index (χ1n) is 9.83. The molecule has 0 saturated carbocycles. The van der Waals surface area contributed by atoms with Crippen molar-refractivity contribution < 1.29 is 18.7 Å². The van der Waals surface area contributed by atoms with Gasteiger partial charge in [0, 0.05) is 25.6 Å². The highest BCUT2D eigenvalue weighted by Crippen LogP contribution is 2.33. The van der Waals surface area contributed by atoms with Gasteiger partial charge in [0.1, 0.15) is 0 Å². The molecule has 158 valence electrons. The summed E-state index contributed by atoms with van der Waals surface area (Å²) in [6.45, 7) is 4.75. The zero-order chi connectivity index (χ0) is 21.5. The monoisotopic (exact) mass is 411 g/mol. The van der Waals surface area contributed by atoms with E-state index in [-0.39, 0.29) is 18.1 Å². The number of ether oxygens (including phenoxy) is 2. The average molecular weight is 411 g/mol. The molecule has 0 spiro atoms. The predicted molar refractivity (Wildman–Crippen MR) is 113 cm³/mol. The lowest BCUT2D eigenvalue weighted by atomic mass is 10.1. The van der Waals surface area contributed by atoms with Crippen LogP contribution in [0.1, 0.15) is 23.2 Å². The minimum Gasteiger partial charge on any atom is -0.436 e. The second-order valence-corrected chi connectivity index (χ2v) is 6.94. The van der Waals surface area contributed by atoms with E-state index in [1.54, 1.807) is 30.0 Å². The number of nitrogens with one attached hydrogen (secondary N) is 1. The molecule has 0 unspecified atom stereocenters. The van der Waals surface area contributed by atoms with Crippen molar-refractivity contribution in [2.24, 2.45) is 0 Å². The van der Waals surface area contributed by atoms with E-state index in [0.29, 0.717) is 25.5 Å². The zero-order valence-corrected chi connectivity index (χ0v) is 17.4. The van der Waals surface area contributed by atoms with Gasteiger partial charge in [0.25, 0.3) is 0 Å². The van der Waals surface area contributed by atoms with Crippen LogP contribution in [0.25, 0.3) is 5.69 Å². The highest BCUT2D eigenvalue weighted by molar-refractivity contribution is 5.76. The molecule has 0 aliphatic rings. The second-order valence-electron chi connectivity index (χ2n) is 6.94. The second kappa shape index (κ2) is 10.0. The molecule has 1 heterocycles. The van der Waals surface area contributed by atoms with Crippen molar-refractivity contribution in [3.8, 4) is 17.3 Å². The highest BCUT2D eigenvalue weighted by Gasteiger charge is 2.21. The van der Waals surface area contributed by atoms with Crippen LogP contribution >= 0.6 is 0 Å². The van der Waals surface area contributed by atoms with Crippen molar-refractivity contribution in [3.63, 3.8) is 0 Å². The summed E-state index contributed by atoms with van der Waals surface area (Å²) in [6.07, 6.45) is 0.679. The molecule has 1 amide bonds. The van der Waals surface area contributed by atoms with E-state index in [0.717, 1.165) is 22.5 Å². The van der Waals surface area contributed by atoms with Gasteiger partial charge in [-0.1, -0.05) is 30.3 Å². The molecule has 2 aromatic carbocycles. The first-order chi connectivity index (χ1) is 14.5. The quantitative estimate of drug-likeness (QED) is 0.538. The van der Waals surface area contributed by atoms with Crippen molar-refractivity contribution in [3.05, 3.63) is 71.2 Å². The number of nitrogens with zero attached hydrogens (tertiary/aromatic N) is 2. The molecule has 3 aromatic rings. The third kappa shape index (κ3) is 5.04. The summed E-state index contributed by atoms with van der Waals surface area (Å²) in [6, 6.07) is 14.0. The lowest BCUT2D eigenvalue weighted by Crippen LogP contribution is -2.27. The first-order valence-corrected chi connectivity index (χ1v) is 9.83. The number of aryl methyl sites for hydroxylation is 2. The number of hydrogen-bond acceptors (Lipinski definition) is 4. The number of aromatic nitrogens is 2. The topological polar surface area (TPSA) is 65.4 Å². The fraction of sp³-hybridized carbons (Fsp3) is 0.304. The van der Waals surface area contributed by atoms with Crippen LogP contribution in [0.2, 0.25) is 0 Å². The normalized spacial score (nSPS) is 10.8. The zero-order valence-electron chi connectivity index (χ0n) is 17.4. The number of halogens is 1. The van der Waals surface area contributed by atoms with Gasteiger partial charge in [0.05, 0.1) is 18.0 Å². The van der Waals surface area contributed by atoms with Crippen molar-refractivity contribution in [2.45, 2.75) is 26.7 Å². The Morgan fingerprint density at radius 2 is 1.87 bits per heavy atom. The lowest BCUT2D eigenvalue weighted by Gasteiger charge is -2.13. The summed E-state index contributed by atoms with van der Waals surface area (Å²) < 4.78 is 26.9. The SMILES string of the molecule is COCCNC(=O)CCc1c(C)nn(-c2ccccc2C)c1Oc1ccccc1F. The number of rotatable bonds is 9. The Balaban J connectivity index is 1.94. The van der Waals surface area contributed by atoms with Crippen LogP contribution in [-0.4, -0.2) is 35.9 Å². The number of carbonyl (C=O) groups is 1. The number of benzene rings is 2. The molecular formula is C23H26FN3O3. The van der Waals surface area contributed by atoms with E-state index in [1.807, 2.05) is 38.1 Å². The summed E-state index contributed by atoms with van der Waals surface area (Å²) in [5.41, 5.74) is 3.34. The smallest absolute Gasteiger partial charge is 0.226 e. The Kier molecular flexibility index (Phi) is 7.19. The van der Waals surface area contributed by atoms with E-state index in [1.165, 1.54) is 6.07 Å². The molecule has 0 atom stereocenters. The molecule has 0 fully saturated rings. The van der Waals surface area contributed by atoms with E-state index in [2.05, 4.69) is 10.4 Å². The summed E-state index contributed by atoms with van der Waals surface area (Å²) >= 11 is 0. The Morgan fingerprint density at radius 3 is 2.60 bits per heavy atom. The van der Waals surface area contributed by atoms with Crippen molar-refractivity contribution in [2.75, 3.05) is 20.3 Å². The van der Waals surface area contributed by atoms with Gasteiger partial charge in [-0.05, 0) is 44.0 Å². The van der Waals surface area contributed by atoms with Gasteiger partial charge in [0.15, 0.2) is 11.6 Å². The molecule has 0 saturated heterocycles. The van der Waals surface area contributed by atoms with Crippen LogP contribution in [-0.2, 0) is 16.0 Å². The van der Waals surface area contributed by atoms with E-state index >= 15 is 0 Å². The minimum absolute atomic E-state index is 0.0908. The molecule has 0 radical (unpaired) electrons. The third-order valence-electron chi connectivity index (χ3n) is 4.75. The molecule has 30 heavy (non-hydrogen) atoms. The van der Waals surface area contributed by atoms with Crippen LogP contribution in [0.3, 0.4) is 0 Å². The van der Waals surface area contributed by atoms with E-state index < -0.39 is 5.82 Å². The summed E-state index contributed by atoms with van der Waals surface area (Å²) in [4.78, 5) is 12.2. The maximum absolute atomic E-state index is 14.3. The maximum atomic E-state index is 14.3. The van der Waals surface area contributed by atoms with Crippen LogP contribution in [0.15, 0.2) is 48.5 Å². The average Bonchev–Trinajstić information content (AvgIpc) is 3.03. The Labute approximate surface area is 175 Å². The third-order valence-corrected chi connectivity index (χ3v) is 4.75. The predicted octanol–water partition coefficient (Wildman–Crippen LogP) is 4.12. The van der Waals surface area contributed by atoms with Crippen molar-refractivity contribution >= 4 is 5.91 Å². The molecule has 0 aliphatic heterocycles. The molecular weight excluding hydrogens is 385 g/mol.